The Hall–Kier alpha value is -2.57. The van der Waals surface area contributed by atoms with Crippen molar-refractivity contribution in [1.29, 1.82) is 0 Å². The second kappa shape index (κ2) is 10.1. The zero-order valence-electron chi connectivity index (χ0n) is 18.2. The van der Waals surface area contributed by atoms with Gasteiger partial charge in [0.25, 0.3) is 0 Å². The Labute approximate surface area is 191 Å². The van der Waals surface area contributed by atoms with E-state index < -0.39 is 46.3 Å². The Balaban J connectivity index is 2.50. The number of nitrogens with two attached hydrogens (primary N) is 2. The van der Waals surface area contributed by atoms with E-state index >= 15 is 0 Å². The van der Waals surface area contributed by atoms with Crippen molar-refractivity contribution in [1.82, 2.24) is 4.98 Å². The fourth-order valence-electron chi connectivity index (χ4n) is 3.60. The topological polar surface area (TPSA) is 125 Å². The predicted octanol–water partition coefficient (Wildman–Crippen LogP) is 3.33. The number of hydrogen-bond acceptors (Lipinski definition) is 5. The molecule has 182 valence electrons. The summed E-state index contributed by atoms with van der Waals surface area (Å²) in [5.74, 6) is -3.12. The molecule has 0 saturated carbocycles. The van der Waals surface area contributed by atoms with Crippen LogP contribution in [0.2, 0.25) is 0 Å². The van der Waals surface area contributed by atoms with Crippen molar-refractivity contribution in [2.24, 2.45) is 17.4 Å². The fraction of sp³-hybridized carbons (Fsp3) is 0.429. The minimum atomic E-state index is -4.62. The Bertz CT molecular complexity index is 1020. The van der Waals surface area contributed by atoms with E-state index in [1.54, 1.807) is 6.92 Å². The van der Waals surface area contributed by atoms with Crippen molar-refractivity contribution in [3.8, 4) is 0 Å². The van der Waals surface area contributed by atoms with E-state index in [1.807, 2.05) is 6.92 Å². The fourth-order valence-corrected chi connectivity index (χ4v) is 3.91. The lowest BCUT2D eigenvalue weighted by Crippen LogP contribution is -2.46. The molecular formula is C21H25F4N4O3S-. The van der Waals surface area contributed by atoms with Crippen molar-refractivity contribution >= 4 is 22.9 Å². The van der Waals surface area contributed by atoms with Gasteiger partial charge in [-0.3, -0.25) is 14.0 Å². The summed E-state index contributed by atoms with van der Waals surface area (Å²) in [6.07, 6.45) is -3.21. The summed E-state index contributed by atoms with van der Waals surface area (Å²) in [6.45, 7) is 3.61. The zero-order valence-corrected chi connectivity index (χ0v) is 19.0. The van der Waals surface area contributed by atoms with E-state index in [0.717, 1.165) is 25.4 Å². The average Bonchev–Trinajstić information content (AvgIpc) is 2.75. The highest BCUT2D eigenvalue weighted by Gasteiger charge is 2.39. The average molecular weight is 490 g/mol. The molecule has 0 aliphatic carbocycles. The van der Waals surface area contributed by atoms with Crippen molar-refractivity contribution in [2.45, 2.75) is 44.3 Å². The highest BCUT2D eigenvalue weighted by atomic mass is 32.2. The van der Waals surface area contributed by atoms with Crippen LogP contribution in [0.3, 0.4) is 0 Å². The molecule has 4 unspecified atom stereocenters. The summed E-state index contributed by atoms with van der Waals surface area (Å²) < 4.78 is 76.3. The SMILES string of the molecule is CCC(C)C(N)(CC(C(N)=O)c1ccc(N(C)S(=O)[O-])c(F)c1)c1ccc(C(F)(F)F)nc1. The van der Waals surface area contributed by atoms with E-state index in [1.165, 1.54) is 18.2 Å². The van der Waals surface area contributed by atoms with Crippen LogP contribution in [0.1, 0.15) is 49.4 Å². The summed E-state index contributed by atoms with van der Waals surface area (Å²) in [7, 11) is 1.15. The van der Waals surface area contributed by atoms with Crippen LogP contribution in [-0.4, -0.2) is 26.7 Å². The standard InChI is InChI=1S/C21H26F4N4O3S/c1-4-12(2)20(27,14-6-8-18(28-11-14)21(23,24)25)10-15(19(26)30)13-5-7-17(16(22)9-13)29(3)33(31)32/h5-9,11-12,15H,4,10,27H2,1-3H3,(H2,26,30)(H,31,32)/p-1. The summed E-state index contributed by atoms with van der Waals surface area (Å²) in [4.78, 5) is 15.8. The number of primary amides is 1. The van der Waals surface area contributed by atoms with Gasteiger partial charge in [-0.1, -0.05) is 32.4 Å². The van der Waals surface area contributed by atoms with E-state index in [9.17, 15) is 31.1 Å². The number of carbonyl (C=O) groups excluding carboxylic acids is 1. The molecular weight excluding hydrogens is 464 g/mol. The van der Waals surface area contributed by atoms with Gasteiger partial charge in [0.15, 0.2) is 0 Å². The number of benzene rings is 1. The van der Waals surface area contributed by atoms with Gasteiger partial charge < -0.3 is 20.3 Å². The van der Waals surface area contributed by atoms with E-state index in [0.29, 0.717) is 10.7 Å². The number of amides is 1. The number of pyridine rings is 1. The molecule has 1 amide bonds. The van der Waals surface area contributed by atoms with Gasteiger partial charge in [0, 0.05) is 30.0 Å². The zero-order chi connectivity index (χ0) is 25.1. The number of alkyl halides is 3. The van der Waals surface area contributed by atoms with Crippen molar-refractivity contribution in [2.75, 3.05) is 11.4 Å². The second-order valence-electron chi connectivity index (χ2n) is 7.86. The third-order valence-electron chi connectivity index (χ3n) is 5.91. The molecule has 7 nitrogen and oxygen atoms in total. The molecule has 1 aromatic carbocycles. The molecule has 33 heavy (non-hydrogen) atoms. The molecule has 1 heterocycles. The molecule has 12 heteroatoms. The van der Waals surface area contributed by atoms with Gasteiger partial charge in [-0.15, -0.1) is 0 Å². The lowest BCUT2D eigenvalue weighted by molar-refractivity contribution is -0.141. The highest BCUT2D eigenvalue weighted by molar-refractivity contribution is 7.80. The maximum Gasteiger partial charge on any atom is 0.433 e. The van der Waals surface area contributed by atoms with Crippen LogP contribution in [0.4, 0.5) is 23.2 Å². The Morgan fingerprint density at radius 2 is 1.91 bits per heavy atom. The van der Waals surface area contributed by atoms with Gasteiger partial charge >= 0.3 is 6.18 Å². The summed E-state index contributed by atoms with van der Waals surface area (Å²) in [6, 6.07) is 5.57. The molecule has 0 radical (unpaired) electrons. The first kappa shape index (κ1) is 26.7. The predicted molar refractivity (Wildman–Crippen MR) is 115 cm³/mol. The number of nitrogens with zero attached hydrogens (tertiary/aromatic N) is 2. The van der Waals surface area contributed by atoms with Gasteiger partial charge in [-0.2, -0.15) is 13.2 Å². The van der Waals surface area contributed by atoms with Gasteiger partial charge in [-0.05, 0) is 41.7 Å². The van der Waals surface area contributed by atoms with Crippen LogP contribution >= 0.6 is 0 Å². The summed E-state index contributed by atoms with van der Waals surface area (Å²) in [5, 5.41) is 0. The van der Waals surface area contributed by atoms with Gasteiger partial charge in [0.2, 0.25) is 5.91 Å². The third-order valence-corrected chi connectivity index (χ3v) is 6.55. The number of carbonyl (C=O) groups is 1. The van der Waals surface area contributed by atoms with Crippen LogP contribution in [0, 0.1) is 11.7 Å². The largest absolute Gasteiger partial charge is 0.755 e. The smallest absolute Gasteiger partial charge is 0.433 e. The molecule has 0 fully saturated rings. The van der Waals surface area contributed by atoms with Crippen molar-refractivity contribution in [3.63, 3.8) is 0 Å². The van der Waals surface area contributed by atoms with E-state index in [2.05, 4.69) is 4.98 Å². The van der Waals surface area contributed by atoms with Crippen LogP contribution in [0.25, 0.3) is 0 Å². The first-order valence-electron chi connectivity index (χ1n) is 9.96. The number of rotatable bonds is 9. The Kier molecular flexibility index (Phi) is 8.20. The van der Waals surface area contributed by atoms with Crippen molar-refractivity contribution in [3.05, 3.63) is 59.2 Å². The minimum absolute atomic E-state index is 0.132. The number of halogens is 4. The van der Waals surface area contributed by atoms with Crippen LogP contribution < -0.4 is 15.8 Å². The van der Waals surface area contributed by atoms with Crippen LogP contribution in [0.15, 0.2) is 36.5 Å². The first-order chi connectivity index (χ1) is 15.2. The number of anilines is 1. The molecule has 0 spiro atoms. The molecule has 0 aliphatic heterocycles. The molecule has 0 aliphatic rings. The van der Waals surface area contributed by atoms with Crippen LogP contribution in [0.5, 0.6) is 0 Å². The number of hydrogen-bond donors (Lipinski definition) is 2. The first-order valence-corrected chi connectivity index (χ1v) is 11.0. The van der Waals surface area contributed by atoms with Crippen LogP contribution in [-0.2, 0) is 27.8 Å². The maximum absolute atomic E-state index is 14.6. The number of aromatic nitrogens is 1. The summed E-state index contributed by atoms with van der Waals surface area (Å²) in [5.41, 5.74) is 10.0. The third kappa shape index (κ3) is 5.87. The lowest BCUT2D eigenvalue weighted by atomic mass is 9.72. The van der Waals surface area contributed by atoms with Crippen molar-refractivity contribution < 1.29 is 31.1 Å². The molecule has 1 aromatic heterocycles. The molecule has 2 rings (SSSR count). The molecule has 4 atom stereocenters. The van der Waals surface area contributed by atoms with Gasteiger partial charge in [0.05, 0.1) is 11.6 Å². The summed E-state index contributed by atoms with van der Waals surface area (Å²) >= 11 is -2.71. The lowest BCUT2D eigenvalue weighted by Gasteiger charge is -2.38. The molecule has 0 bridgehead atoms. The quantitative estimate of drug-likeness (QED) is 0.413. The normalized spacial score (nSPS) is 16.5. The minimum Gasteiger partial charge on any atom is -0.755 e. The molecule has 4 N–H and O–H groups in total. The monoisotopic (exact) mass is 489 g/mol. The Morgan fingerprint density at radius 3 is 2.33 bits per heavy atom. The highest BCUT2D eigenvalue weighted by Crippen LogP contribution is 2.39. The van der Waals surface area contributed by atoms with Gasteiger partial charge in [0.1, 0.15) is 11.5 Å². The second-order valence-corrected chi connectivity index (χ2v) is 8.85. The van der Waals surface area contributed by atoms with E-state index in [4.69, 9.17) is 11.5 Å². The maximum atomic E-state index is 14.6. The van der Waals surface area contributed by atoms with E-state index in [-0.39, 0.29) is 29.2 Å². The van der Waals surface area contributed by atoms with Gasteiger partial charge in [-0.25, -0.2) is 4.39 Å². The molecule has 0 saturated heterocycles. The Morgan fingerprint density at radius 1 is 1.27 bits per heavy atom. The molecule has 2 aromatic rings.